The number of carbonyl (C=O) groups is 1. The average Bonchev–Trinajstić information content (AvgIpc) is 2.86. The molecule has 0 fully saturated rings. The summed E-state index contributed by atoms with van der Waals surface area (Å²) in [5.74, 6) is -0.0949. The molecule has 1 aromatic carbocycles. The normalized spacial score (nSPS) is 10.8. The van der Waals surface area contributed by atoms with Crippen molar-refractivity contribution in [1.82, 2.24) is 25.3 Å². The largest absolute Gasteiger partial charge is 0.345 e. The standard InChI is InChI=1S/C13H10ClN5O3/c14-6-1-2-8-9(3-6)18-10(17-8)5-15-11(20)7-4-16-13(22)19-12(7)21/h1-4H,5H2,(H,15,20)(H,17,18)(H2,16,19,21,22). The zero-order chi connectivity index (χ0) is 15.7. The number of amides is 1. The van der Waals surface area contributed by atoms with E-state index in [9.17, 15) is 14.4 Å². The molecule has 0 aliphatic rings. The molecule has 0 saturated heterocycles. The van der Waals surface area contributed by atoms with Crippen molar-refractivity contribution in [3.63, 3.8) is 0 Å². The Morgan fingerprint density at radius 3 is 2.86 bits per heavy atom. The number of imidazole rings is 1. The Morgan fingerprint density at radius 2 is 2.09 bits per heavy atom. The van der Waals surface area contributed by atoms with Crippen LogP contribution >= 0.6 is 11.6 Å². The van der Waals surface area contributed by atoms with E-state index in [-0.39, 0.29) is 12.1 Å². The van der Waals surface area contributed by atoms with E-state index in [1.807, 2.05) is 4.98 Å². The summed E-state index contributed by atoms with van der Waals surface area (Å²) in [5, 5.41) is 3.12. The van der Waals surface area contributed by atoms with Gasteiger partial charge in [0, 0.05) is 11.2 Å². The third-order valence-electron chi connectivity index (χ3n) is 2.97. The predicted molar refractivity (Wildman–Crippen MR) is 80.0 cm³/mol. The van der Waals surface area contributed by atoms with Crippen LogP contribution in [0.25, 0.3) is 11.0 Å². The number of benzene rings is 1. The number of nitrogens with zero attached hydrogens (tertiary/aromatic N) is 1. The molecule has 8 nitrogen and oxygen atoms in total. The molecule has 0 spiro atoms. The van der Waals surface area contributed by atoms with E-state index >= 15 is 0 Å². The van der Waals surface area contributed by atoms with Gasteiger partial charge in [-0.15, -0.1) is 0 Å². The monoisotopic (exact) mass is 319 g/mol. The fraction of sp³-hybridized carbons (Fsp3) is 0.0769. The van der Waals surface area contributed by atoms with Crippen molar-refractivity contribution in [1.29, 1.82) is 0 Å². The van der Waals surface area contributed by atoms with Crippen LogP contribution in [0.2, 0.25) is 5.02 Å². The highest BCUT2D eigenvalue weighted by Gasteiger charge is 2.11. The number of halogens is 1. The molecule has 0 unspecified atom stereocenters. The summed E-state index contributed by atoms with van der Waals surface area (Å²) in [7, 11) is 0. The van der Waals surface area contributed by atoms with Gasteiger partial charge in [0.05, 0.1) is 17.6 Å². The van der Waals surface area contributed by atoms with Gasteiger partial charge in [0.2, 0.25) is 0 Å². The first-order chi connectivity index (χ1) is 10.5. The SMILES string of the molecule is O=C(NCc1nc2ccc(Cl)cc2[nH]1)c1c[nH]c(=O)[nH]c1=O. The molecule has 0 aliphatic heterocycles. The van der Waals surface area contributed by atoms with Gasteiger partial charge in [-0.25, -0.2) is 9.78 Å². The Bertz CT molecular complexity index is 971. The maximum Gasteiger partial charge on any atom is 0.325 e. The molecular formula is C13H10ClN5O3. The number of hydrogen-bond donors (Lipinski definition) is 4. The van der Waals surface area contributed by atoms with Crippen molar-refractivity contribution in [3.05, 3.63) is 61.6 Å². The minimum Gasteiger partial charge on any atom is -0.345 e. The van der Waals surface area contributed by atoms with Crippen molar-refractivity contribution in [2.45, 2.75) is 6.54 Å². The molecule has 112 valence electrons. The van der Waals surface area contributed by atoms with Crippen LogP contribution < -0.4 is 16.6 Å². The summed E-state index contributed by atoms with van der Waals surface area (Å²) in [6.45, 7) is 0.101. The second-order valence-electron chi connectivity index (χ2n) is 4.51. The van der Waals surface area contributed by atoms with E-state index in [1.54, 1.807) is 18.2 Å². The number of nitrogens with one attached hydrogen (secondary N) is 4. The van der Waals surface area contributed by atoms with E-state index in [0.717, 1.165) is 17.2 Å². The summed E-state index contributed by atoms with van der Waals surface area (Å²) in [6, 6.07) is 5.20. The number of hydrogen-bond acceptors (Lipinski definition) is 4. The number of rotatable bonds is 3. The number of aromatic nitrogens is 4. The lowest BCUT2D eigenvalue weighted by atomic mass is 10.3. The van der Waals surface area contributed by atoms with Gasteiger partial charge in [-0.2, -0.15) is 0 Å². The smallest absolute Gasteiger partial charge is 0.325 e. The van der Waals surface area contributed by atoms with Crippen LogP contribution in [0.1, 0.15) is 16.2 Å². The Kier molecular flexibility index (Phi) is 3.51. The fourth-order valence-electron chi connectivity index (χ4n) is 1.96. The molecule has 0 bridgehead atoms. The first-order valence-corrected chi connectivity index (χ1v) is 6.65. The number of aromatic amines is 3. The van der Waals surface area contributed by atoms with Crippen LogP contribution in [0.4, 0.5) is 0 Å². The van der Waals surface area contributed by atoms with E-state index in [2.05, 4.69) is 20.3 Å². The Hall–Kier alpha value is -2.87. The minimum absolute atomic E-state index is 0.101. The summed E-state index contributed by atoms with van der Waals surface area (Å²) in [4.78, 5) is 45.8. The van der Waals surface area contributed by atoms with Gasteiger partial charge in [0.1, 0.15) is 11.4 Å². The van der Waals surface area contributed by atoms with Gasteiger partial charge in [-0.3, -0.25) is 14.6 Å². The fourth-order valence-corrected chi connectivity index (χ4v) is 2.13. The molecule has 3 aromatic rings. The molecule has 1 amide bonds. The lowest BCUT2D eigenvalue weighted by molar-refractivity contribution is 0.0948. The van der Waals surface area contributed by atoms with E-state index in [4.69, 9.17) is 11.6 Å². The molecule has 0 aliphatic carbocycles. The highest BCUT2D eigenvalue weighted by atomic mass is 35.5. The number of fused-ring (bicyclic) bond motifs is 1. The van der Waals surface area contributed by atoms with Gasteiger partial charge in [-0.05, 0) is 18.2 Å². The Balaban J connectivity index is 1.77. The van der Waals surface area contributed by atoms with Crippen LogP contribution in [-0.4, -0.2) is 25.8 Å². The van der Waals surface area contributed by atoms with Crippen LogP contribution in [0.3, 0.4) is 0 Å². The maximum atomic E-state index is 11.9. The van der Waals surface area contributed by atoms with Crippen LogP contribution in [-0.2, 0) is 6.54 Å². The summed E-state index contributed by atoms with van der Waals surface area (Å²) >= 11 is 5.88. The Morgan fingerprint density at radius 1 is 1.27 bits per heavy atom. The van der Waals surface area contributed by atoms with Gasteiger partial charge in [0.25, 0.3) is 11.5 Å². The zero-order valence-corrected chi connectivity index (χ0v) is 11.8. The van der Waals surface area contributed by atoms with Crippen molar-refractivity contribution >= 4 is 28.5 Å². The molecule has 9 heteroatoms. The topological polar surface area (TPSA) is 123 Å². The molecule has 4 N–H and O–H groups in total. The van der Waals surface area contributed by atoms with Crippen LogP contribution in [0, 0.1) is 0 Å². The quantitative estimate of drug-likeness (QED) is 0.562. The molecule has 2 heterocycles. The third kappa shape index (κ3) is 2.77. The third-order valence-corrected chi connectivity index (χ3v) is 3.21. The second kappa shape index (κ2) is 5.49. The van der Waals surface area contributed by atoms with Gasteiger partial charge < -0.3 is 15.3 Å². The van der Waals surface area contributed by atoms with Crippen molar-refractivity contribution in [2.24, 2.45) is 0 Å². The van der Waals surface area contributed by atoms with Crippen LogP contribution in [0.15, 0.2) is 34.0 Å². The highest BCUT2D eigenvalue weighted by Crippen LogP contribution is 2.16. The predicted octanol–water partition coefficient (Wildman–Crippen LogP) is 0.523. The first kappa shape index (κ1) is 14.1. The van der Waals surface area contributed by atoms with Gasteiger partial charge in [-0.1, -0.05) is 11.6 Å². The van der Waals surface area contributed by atoms with E-state index < -0.39 is 17.2 Å². The summed E-state index contributed by atoms with van der Waals surface area (Å²) < 4.78 is 0. The number of H-pyrrole nitrogens is 3. The molecule has 22 heavy (non-hydrogen) atoms. The van der Waals surface area contributed by atoms with E-state index in [0.29, 0.717) is 10.8 Å². The van der Waals surface area contributed by atoms with Crippen molar-refractivity contribution < 1.29 is 4.79 Å². The lowest BCUT2D eigenvalue weighted by Gasteiger charge is -2.01. The summed E-state index contributed by atoms with van der Waals surface area (Å²) in [6.07, 6.45) is 1.06. The zero-order valence-electron chi connectivity index (χ0n) is 11.1. The molecule has 0 saturated carbocycles. The Labute approximate surface area is 127 Å². The van der Waals surface area contributed by atoms with E-state index in [1.165, 1.54) is 0 Å². The van der Waals surface area contributed by atoms with Gasteiger partial charge >= 0.3 is 5.69 Å². The molecule has 0 radical (unpaired) electrons. The highest BCUT2D eigenvalue weighted by molar-refractivity contribution is 6.31. The molecule has 3 rings (SSSR count). The number of carbonyl (C=O) groups excluding carboxylic acids is 1. The second-order valence-corrected chi connectivity index (χ2v) is 4.95. The first-order valence-electron chi connectivity index (χ1n) is 6.27. The van der Waals surface area contributed by atoms with Crippen molar-refractivity contribution in [3.8, 4) is 0 Å². The summed E-state index contributed by atoms with van der Waals surface area (Å²) in [5.41, 5.74) is -0.138. The lowest BCUT2D eigenvalue weighted by Crippen LogP contribution is -2.33. The molecular weight excluding hydrogens is 310 g/mol. The van der Waals surface area contributed by atoms with Crippen LogP contribution in [0.5, 0.6) is 0 Å². The maximum absolute atomic E-state index is 11.9. The van der Waals surface area contributed by atoms with Crippen molar-refractivity contribution in [2.75, 3.05) is 0 Å². The molecule has 2 aromatic heterocycles. The minimum atomic E-state index is -0.752. The molecule has 0 atom stereocenters. The van der Waals surface area contributed by atoms with Gasteiger partial charge in [0.15, 0.2) is 0 Å². The average molecular weight is 320 g/mol.